The lowest BCUT2D eigenvalue weighted by Gasteiger charge is -2.59. The second-order valence-corrected chi connectivity index (χ2v) is 17.0. The fourth-order valence-corrected chi connectivity index (χ4v) is 16.0. The Kier molecular flexibility index (Phi) is 4.51. The normalized spacial score (nSPS) is 67.0. The molecule has 208 valence electrons. The van der Waals surface area contributed by atoms with Crippen molar-refractivity contribution in [3.8, 4) is 0 Å². The van der Waals surface area contributed by atoms with Gasteiger partial charge in [-0.2, -0.15) is 0 Å². The van der Waals surface area contributed by atoms with Gasteiger partial charge in [-0.1, -0.05) is 13.8 Å². The first kappa shape index (κ1) is 23.0. The van der Waals surface area contributed by atoms with E-state index in [4.69, 9.17) is 9.47 Å². The van der Waals surface area contributed by atoms with Crippen molar-refractivity contribution in [2.75, 3.05) is 0 Å². The topological polar surface area (TPSA) is 35.5 Å². The minimum Gasteiger partial charge on any atom is -0.459 e. The van der Waals surface area contributed by atoms with E-state index < -0.39 is 0 Å². The van der Waals surface area contributed by atoms with Crippen molar-refractivity contribution in [3.05, 3.63) is 0 Å². The number of carbonyl (C=O) groups is 1. The Morgan fingerprint density at radius 3 is 1.76 bits per heavy atom. The van der Waals surface area contributed by atoms with Crippen LogP contribution in [0, 0.1) is 101 Å². The monoisotopic (exact) mass is 518 g/mol. The Hall–Kier alpha value is -0.570. The fraction of sp³-hybridized carbons (Fsp3) is 0.971. The molecule has 38 heavy (non-hydrogen) atoms. The maximum Gasteiger partial charge on any atom is 0.309 e. The van der Waals surface area contributed by atoms with Crippen molar-refractivity contribution < 1.29 is 14.3 Å². The molecule has 1 aliphatic heterocycles. The molecule has 3 nitrogen and oxygen atoms in total. The number of hydrogen-bond acceptors (Lipinski definition) is 3. The standard InChI is InChI=1S/C35H50O3/c1-4-26-32-24-14-25(33(32)27(5-2)37-26)31-23-13-22(30(24)31)28-17-11-20(29(23)28)21(12-17)34(36)38-35(3)18-7-15-6-16(9-18)10-19(35)8-15/h15-33H,4-14H2,1-3H3. The molecule has 11 rings (SSSR count). The molecule has 0 aromatic rings. The van der Waals surface area contributed by atoms with Gasteiger partial charge in [0, 0.05) is 0 Å². The zero-order valence-corrected chi connectivity index (χ0v) is 24.0. The first-order valence-corrected chi connectivity index (χ1v) is 17.4. The van der Waals surface area contributed by atoms with Crippen LogP contribution in [0.5, 0.6) is 0 Å². The van der Waals surface area contributed by atoms with Gasteiger partial charge in [0.25, 0.3) is 0 Å². The molecule has 0 amide bonds. The van der Waals surface area contributed by atoms with Crippen molar-refractivity contribution in [3.63, 3.8) is 0 Å². The van der Waals surface area contributed by atoms with Crippen LogP contribution in [-0.2, 0) is 14.3 Å². The van der Waals surface area contributed by atoms with Gasteiger partial charge in [-0.25, -0.2) is 0 Å². The van der Waals surface area contributed by atoms with Crippen LogP contribution in [0.15, 0.2) is 0 Å². The van der Waals surface area contributed by atoms with Gasteiger partial charge in [-0.15, -0.1) is 0 Å². The molecule has 1 heterocycles. The third-order valence-electron chi connectivity index (χ3n) is 16.5. The smallest absolute Gasteiger partial charge is 0.309 e. The molecule has 0 N–H and O–H groups in total. The quantitative estimate of drug-likeness (QED) is 0.297. The summed E-state index contributed by atoms with van der Waals surface area (Å²) in [6, 6.07) is 0. The van der Waals surface area contributed by atoms with Gasteiger partial charge in [0.15, 0.2) is 0 Å². The Bertz CT molecular complexity index is 1020. The van der Waals surface area contributed by atoms with Gasteiger partial charge in [0.1, 0.15) is 5.60 Å². The average molecular weight is 519 g/mol. The highest BCUT2D eigenvalue weighted by Crippen LogP contribution is 2.80. The van der Waals surface area contributed by atoms with E-state index in [1.807, 2.05) is 0 Å². The molecule has 11 fully saturated rings. The van der Waals surface area contributed by atoms with Crippen LogP contribution >= 0.6 is 0 Å². The average Bonchev–Trinajstić information content (AvgIpc) is 3.74. The number of esters is 1. The largest absolute Gasteiger partial charge is 0.459 e. The minimum absolute atomic E-state index is 0.154. The third kappa shape index (κ3) is 2.55. The molecule has 0 radical (unpaired) electrons. The number of carbonyl (C=O) groups excluding carboxylic acids is 1. The van der Waals surface area contributed by atoms with E-state index in [1.54, 1.807) is 0 Å². The van der Waals surface area contributed by atoms with Crippen LogP contribution in [0.3, 0.4) is 0 Å². The van der Waals surface area contributed by atoms with E-state index in [0.29, 0.717) is 30.0 Å². The van der Waals surface area contributed by atoms with E-state index in [1.165, 1.54) is 70.6 Å². The van der Waals surface area contributed by atoms with Crippen LogP contribution in [-0.4, -0.2) is 23.8 Å². The maximum atomic E-state index is 14.0. The van der Waals surface area contributed by atoms with Gasteiger partial charge in [-0.05, 0) is 172 Å². The summed E-state index contributed by atoms with van der Waals surface area (Å²) in [6.07, 6.45) is 15.8. The van der Waals surface area contributed by atoms with Gasteiger partial charge >= 0.3 is 5.97 Å². The number of rotatable bonds is 4. The van der Waals surface area contributed by atoms with E-state index in [-0.39, 0.29) is 17.5 Å². The Morgan fingerprint density at radius 2 is 1.18 bits per heavy atom. The molecule has 11 aliphatic rings. The summed E-state index contributed by atoms with van der Waals surface area (Å²) < 4.78 is 13.5. The third-order valence-corrected chi connectivity index (χ3v) is 16.5. The van der Waals surface area contributed by atoms with Gasteiger partial charge in [-0.3, -0.25) is 4.79 Å². The minimum atomic E-state index is -0.154. The summed E-state index contributed by atoms with van der Waals surface area (Å²) in [4.78, 5) is 14.0. The van der Waals surface area contributed by atoms with Gasteiger partial charge in [0.2, 0.25) is 0 Å². The van der Waals surface area contributed by atoms with Crippen LogP contribution in [0.1, 0.15) is 91.4 Å². The second kappa shape index (κ2) is 7.43. The van der Waals surface area contributed by atoms with Gasteiger partial charge in [0.05, 0.1) is 18.1 Å². The highest BCUT2D eigenvalue weighted by molar-refractivity contribution is 5.74. The predicted octanol–water partition coefficient (Wildman–Crippen LogP) is 6.98. The molecule has 15 atom stereocenters. The Morgan fingerprint density at radius 1 is 0.658 bits per heavy atom. The zero-order valence-electron chi connectivity index (χ0n) is 24.0. The van der Waals surface area contributed by atoms with E-state index in [2.05, 4.69) is 20.8 Å². The van der Waals surface area contributed by atoms with E-state index in [9.17, 15) is 4.79 Å². The second-order valence-electron chi connectivity index (χ2n) is 17.0. The van der Waals surface area contributed by atoms with E-state index in [0.717, 1.165) is 76.9 Å². The van der Waals surface area contributed by atoms with E-state index >= 15 is 0 Å². The van der Waals surface area contributed by atoms with Crippen LogP contribution < -0.4 is 0 Å². The van der Waals surface area contributed by atoms with Gasteiger partial charge < -0.3 is 9.47 Å². The highest BCUT2D eigenvalue weighted by Gasteiger charge is 2.76. The molecule has 10 saturated carbocycles. The molecule has 1 saturated heterocycles. The van der Waals surface area contributed by atoms with Crippen molar-refractivity contribution in [1.82, 2.24) is 0 Å². The van der Waals surface area contributed by atoms with Crippen LogP contribution in [0.2, 0.25) is 0 Å². The summed E-state index contributed by atoms with van der Waals surface area (Å²) in [7, 11) is 0. The molecule has 0 aromatic heterocycles. The summed E-state index contributed by atoms with van der Waals surface area (Å²) in [5.74, 6) is 14.4. The number of hydrogen-bond donors (Lipinski definition) is 0. The first-order valence-electron chi connectivity index (χ1n) is 17.4. The Labute approximate surface area is 229 Å². The van der Waals surface area contributed by atoms with Crippen LogP contribution in [0.25, 0.3) is 0 Å². The predicted molar refractivity (Wildman–Crippen MR) is 145 cm³/mol. The lowest BCUT2D eigenvalue weighted by molar-refractivity contribution is -0.209. The highest BCUT2D eigenvalue weighted by atomic mass is 16.6. The molecule has 10 aliphatic carbocycles. The molecule has 0 spiro atoms. The Balaban J connectivity index is 0.907. The van der Waals surface area contributed by atoms with Crippen LogP contribution in [0.4, 0.5) is 0 Å². The molecule has 15 unspecified atom stereocenters. The molecule has 10 bridgehead atoms. The van der Waals surface area contributed by atoms with Crippen molar-refractivity contribution in [2.45, 2.75) is 109 Å². The molecule has 0 aromatic carbocycles. The molecular formula is C35H50O3. The maximum absolute atomic E-state index is 14.0. The molecular weight excluding hydrogens is 468 g/mol. The first-order chi connectivity index (χ1) is 18.5. The fourth-order valence-electron chi connectivity index (χ4n) is 16.0. The summed E-state index contributed by atoms with van der Waals surface area (Å²) in [5, 5.41) is 0. The number of fused-ring (bicyclic) bond motifs is 19. The van der Waals surface area contributed by atoms with Crippen molar-refractivity contribution >= 4 is 5.97 Å². The molecule has 3 heteroatoms. The summed E-state index contributed by atoms with van der Waals surface area (Å²) in [6.45, 7) is 7.11. The number of ether oxygens (including phenoxy) is 2. The zero-order chi connectivity index (χ0) is 25.2. The summed E-state index contributed by atoms with van der Waals surface area (Å²) in [5.41, 5.74) is -0.154. The van der Waals surface area contributed by atoms with Crippen molar-refractivity contribution in [1.29, 1.82) is 0 Å². The van der Waals surface area contributed by atoms with Crippen molar-refractivity contribution in [2.24, 2.45) is 101 Å². The SMILES string of the molecule is CCC1OC(CC)C2C3CC(C12)C1C2CC(C4C5CC(CC5C(=O)OC5(C)C6CC7CC(C6)CC5C7)C24)C31. The lowest BCUT2D eigenvalue weighted by Crippen LogP contribution is -2.58. The lowest BCUT2D eigenvalue weighted by atomic mass is 9.50. The summed E-state index contributed by atoms with van der Waals surface area (Å²) >= 11 is 0.